The van der Waals surface area contributed by atoms with Crippen LogP contribution in [0.4, 0.5) is 0 Å². The summed E-state index contributed by atoms with van der Waals surface area (Å²) in [5.74, 6) is 0.383. The lowest BCUT2D eigenvalue weighted by molar-refractivity contribution is -0.132. The van der Waals surface area contributed by atoms with E-state index in [4.69, 9.17) is 5.11 Å². The van der Waals surface area contributed by atoms with Crippen LogP contribution >= 0.6 is 0 Å². The first kappa shape index (κ1) is 13.3. The van der Waals surface area contributed by atoms with Crippen LogP contribution in [-0.2, 0) is 4.79 Å². The van der Waals surface area contributed by atoms with Crippen LogP contribution in [0.2, 0.25) is 0 Å². The molecule has 1 saturated carbocycles. The molecule has 2 heteroatoms. The van der Waals surface area contributed by atoms with Gasteiger partial charge in [-0.2, -0.15) is 0 Å². The highest BCUT2D eigenvalue weighted by Gasteiger charge is 2.33. The largest absolute Gasteiger partial charge is 0.478 e. The Balaban J connectivity index is 2.89. The highest BCUT2D eigenvalue weighted by Crippen LogP contribution is 2.44. The van der Waals surface area contributed by atoms with Gasteiger partial charge < -0.3 is 5.11 Å². The molecule has 0 aliphatic heterocycles. The van der Waals surface area contributed by atoms with E-state index in [-0.39, 0.29) is 0 Å². The quantitative estimate of drug-likeness (QED) is 0.723. The number of rotatable bonds is 2. The minimum Gasteiger partial charge on any atom is -0.478 e. The second kappa shape index (κ2) is 4.60. The van der Waals surface area contributed by atoms with Crippen LogP contribution in [0.3, 0.4) is 0 Å². The SMILES string of the molecule is C/C(C(=O)O)=C(\C)C1CC(C)CC(C)(C)C1. The van der Waals surface area contributed by atoms with E-state index in [0.29, 0.717) is 22.8 Å². The van der Waals surface area contributed by atoms with Gasteiger partial charge in [-0.3, -0.25) is 0 Å². The summed E-state index contributed by atoms with van der Waals surface area (Å²) in [6, 6.07) is 0. The van der Waals surface area contributed by atoms with Gasteiger partial charge in [0.05, 0.1) is 0 Å². The Morgan fingerprint density at radius 1 is 1.25 bits per heavy atom. The molecule has 0 spiro atoms. The summed E-state index contributed by atoms with van der Waals surface area (Å²) in [5, 5.41) is 9.02. The minimum absolute atomic E-state index is 0.350. The van der Waals surface area contributed by atoms with Gasteiger partial charge in [0.25, 0.3) is 0 Å². The number of hydrogen-bond donors (Lipinski definition) is 1. The summed E-state index contributed by atoms with van der Waals surface area (Å²) in [6.45, 7) is 10.6. The van der Waals surface area contributed by atoms with E-state index in [1.165, 1.54) is 6.42 Å². The summed E-state index contributed by atoms with van der Waals surface area (Å²) in [6.07, 6.45) is 3.51. The number of aliphatic carboxylic acids is 1. The Labute approximate surface area is 98.7 Å². The number of allylic oxidation sites excluding steroid dienone is 1. The van der Waals surface area contributed by atoms with Gasteiger partial charge in [0.1, 0.15) is 0 Å². The average Bonchev–Trinajstić information content (AvgIpc) is 2.12. The molecule has 0 aromatic heterocycles. The van der Waals surface area contributed by atoms with Crippen LogP contribution in [0.25, 0.3) is 0 Å². The molecule has 0 bridgehead atoms. The van der Waals surface area contributed by atoms with Crippen molar-refractivity contribution in [2.75, 3.05) is 0 Å². The molecule has 92 valence electrons. The average molecular weight is 224 g/mol. The third-order valence-corrected chi connectivity index (χ3v) is 3.91. The van der Waals surface area contributed by atoms with E-state index in [0.717, 1.165) is 18.4 Å². The molecule has 2 atom stereocenters. The first-order valence-corrected chi connectivity index (χ1v) is 6.13. The van der Waals surface area contributed by atoms with E-state index < -0.39 is 5.97 Å². The van der Waals surface area contributed by atoms with Gasteiger partial charge in [-0.25, -0.2) is 4.79 Å². The number of carbonyl (C=O) groups is 1. The molecule has 1 fully saturated rings. The molecular weight excluding hydrogens is 200 g/mol. The first-order chi connectivity index (χ1) is 7.23. The lowest BCUT2D eigenvalue weighted by Crippen LogP contribution is -2.28. The molecule has 2 nitrogen and oxygen atoms in total. The predicted octanol–water partition coefficient (Wildman–Crippen LogP) is 3.87. The van der Waals surface area contributed by atoms with Crippen molar-refractivity contribution in [2.45, 2.75) is 53.9 Å². The van der Waals surface area contributed by atoms with Gasteiger partial charge in [0.15, 0.2) is 0 Å². The fraction of sp³-hybridized carbons (Fsp3) is 0.786. The Bertz CT molecular complexity index is 313. The maximum Gasteiger partial charge on any atom is 0.331 e. The van der Waals surface area contributed by atoms with Gasteiger partial charge in [-0.1, -0.05) is 26.3 Å². The molecule has 1 rings (SSSR count). The van der Waals surface area contributed by atoms with Crippen LogP contribution in [0, 0.1) is 17.3 Å². The van der Waals surface area contributed by atoms with Gasteiger partial charge >= 0.3 is 5.97 Å². The van der Waals surface area contributed by atoms with Crippen molar-refractivity contribution in [3.05, 3.63) is 11.1 Å². The zero-order valence-electron chi connectivity index (χ0n) is 11.1. The number of hydrogen-bond acceptors (Lipinski definition) is 1. The standard InChI is InChI=1S/C14H24O2/c1-9-6-12(8-14(4,5)7-9)10(2)11(3)13(15)16/h9,12H,6-8H2,1-5H3,(H,15,16)/b11-10-. The summed E-state index contributed by atoms with van der Waals surface area (Å²) >= 11 is 0. The molecule has 0 saturated heterocycles. The van der Waals surface area contributed by atoms with E-state index >= 15 is 0 Å². The van der Waals surface area contributed by atoms with Gasteiger partial charge in [0, 0.05) is 5.57 Å². The minimum atomic E-state index is -0.770. The number of carboxylic acids is 1. The van der Waals surface area contributed by atoms with Crippen molar-refractivity contribution in [3.8, 4) is 0 Å². The maximum atomic E-state index is 11.0. The smallest absolute Gasteiger partial charge is 0.331 e. The second-order valence-corrected chi connectivity index (χ2v) is 6.22. The third kappa shape index (κ3) is 3.10. The molecule has 0 heterocycles. The second-order valence-electron chi connectivity index (χ2n) is 6.22. The normalized spacial score (nSPS) is 30.8. The molecule has 0 amide bonds. The fourth-order valence-corrected chi connectivity index (χ4v) is 3.15. The van der Waals surface area contributed by atoms with Crippen molar-refractivity contribution >= 4 is 5.97 Å². The van der Waals surface area contributed by atoms with Crippen molar-refractivity contribution in [2.24, 2.45) is 17.3 Å². The Hall–Kier alpha value is -0.790. The zero-order valence-corrected chi connectivity index (χ0v) is 11.1. The van der Waals surface area contributed by atoms with Gasteiger partial charge in [0.2, 0.25) is 0 Å². The molecule has 16 heavy (non-hydrogen) atoms. The highest BCUT2D eigenvalue weighted by atomic mass is 16.4. The summed E-state index contributed by atoms with van der Waals surface area (Å²) in [4.78, 5) is 11.0. The predicted molar refractivity (Wildman–Crippen MR) is 66.3 cm³/mol. The molecular formula is C14H24O2. The molecule has 2 unspecified atom stereocenters. The number of carboxylic acid groups (broad SMARTS) is 1. The third-order valence-electron chi connectivity index (χ3n) is 3.91. The Morgan fingerprint density at radius 2 is 1.81 bits per heavy atom. The monoisotopic (exact) mass is 224 g/mol. The molecule has 0 aromatic carbocycles. The summed E-state index contributed by atoms with van der Waals surface area (Å²) in [7, 11) is 0. The summed E-state index contributed by atoms with van der Waals surface area (Å²) in [5.41, 5.74) is 1.96. The molecule has 1 aliphatic rings. The fourth-order valence-electron chi connectivity index (χ4n) is 3.15. The van der Waals surface area contributed by atoms with Crippen LogP contribution in [0.1, 0.15) is 53.9 Å². The Morgan fingerprint density at radius 3 is 2.25 bits per heavy atom. The molecule has 1 aliphatic carbocycles. The maximum absolute atomic E-state index is 11.0. The Kier molecular flexibility index (Phi) is 3.82. The van der Waals surface area contributed by atoms with Crippen LogP contribution in [0.5, 0.6) is 0 Å². The highest BCUT2D eigenvalue weighted by molar-refractivity contribution is 5.86. The lowest BCUT2D eigenvalue weighted by Gasteiger charge is -2.39. The van der Waals surface area contributed by atoms with Crippen molar-refractivity contribution < 1.29 is 9.90 Å². The summed E-state index contributed by atoms with van der Waals surface area (Å²) < 4.78 is 0. The van der Waals surface area contributed by atoms with E-state index in [1.807, 2.05) is 6.92 Å². The van der Waals surface area contributed by atoms with E-state index in [1.54, 1.807) is 6.92 Å². The van der Waals surface area contributed by atoms with Crippen LogP contribution in [-0.4, -0.2) is 11.1 Å². The van der Waals surface area contributed by atoms with Crippen molar-refractivity contribution in [1.82, 2.24) is 0 Å². The van der Waals surface area contributed by atoms with Gasteiger partial charge in [-0.15, -0.1) is 0 Å². The van der Waals surface area contributed by atoms with E-state index in [9.17, 15) is 4.79 Å². The molecule has 0 aromatic rings. The van der Waals surface area contributed by atoms with Crippen molar-refractivity contribution in [1.29, 1.82) is 0 Å². The van der Waals surface area contributed by atoms with Crippen LogP contribution < -0.4 is 0 Å². The topological polar surface area (TPSA) is 37.3 Å². The van der Waals surface area contributed by atoms with E-state index in [2.05, 4.69) is 20.8 Å². The van der Waals surface area contributed by atoms with Crippen molar-refractivity contribution in [3.63, 3.8) is 0 Å². The van der Waals surface area contributed by atoms with Crippen LogP contribution in [0.15, 0.2) is 11.1 Å². The zero-order chi connectivity index (χ0) is 12.5. The van der Waals surface area contributed by atoms with Gasteiger partial charge in [-0.05, 0) is 50.4 Å². The lowest BCUT2D eigenvalue weighted by atomic mass is 9.66. The molecule has 0 radical (unpaired) electrons. The first-order valence-electron chi connectivity index (χ1n) is 6.13. The molecule has 1 N–H and O–H groups in total.